The third-order valence-corrected chi connectivity index (χ3v) is 3.27. The van der Waals surface area contributed by atoms with Crippen molar-refractivity contribution in [3.63, 3.8) is 0 Å². The van der Waals surface area contributed by atoms with Crippen molar-refractivity contribution in [2.45, 2.75) is 0 Å². The van der Waals surface area contributed by atoms with Gasteiger partial charge in [0.25, 0.3) is 0 Å². The minimum Gasteiger partial charge on any atom is -0.493 e. The van der Waals surface area contributed by atoms with Crippen molar-refractivity contribution in [1.82, 2.24) is 0 Å². The molecule has 0 saturated carbocycles. The topological polar surface area (TPSA) is 105 Å². The van der Waals surface area contributed by atoms with Crippen LogP contribution in [0, 0.1) is 0 Å². The largest absolute Gasteiger partial charge is 0.493 e. The highest BCUT2D eigenvalue weighted by Crippen LogP contribution is 2.33. The average Bonchev–Trinajstić information content (AvgIpc) is 2.58. The van der Waals surface area contributed by atoms with Crippen molar-refractivity contribution in [3.05, 3.63) is 53.1 Å². The summed E-state index contributed by atoms with van der Waals surface area (Å²) in [5.74, 6) is -1.98. The average molecular weight is 329 g/mol. The zero-order chi connectivity index (χ0) is 17.7. The van der Waals surface area contributed by atoms with Crippen LogP contribution in [0.1, 0.15) is 26.3 Å². The molecule has 0 unspecified atom stereocenters. The Kier molecular flexibility index (Phi) is 5.16. The lowest BCUT2D eigenvalue weighted by molar-refractivity contribution is 0.0683. The molecule has 0 bridgehead atoms. The first-order valence-electron chi connectivity index (χ1n) is 6.84. The molecule has 24 heavy (non-hydrogen) atoms. The predicted molar refractivity (Wildman–Crippen MR) is 87.2 cm³/mol. The van der Waals surface area contributed by atoms with Crippen LogP contribution in [0.15, 0.2) is 41.4 Å². The molecule has 0 heterocycles. The van der Waals surface area contributed by atoms with Crippen molar-refractivity contribution < 1.29 is 29.3 Å². The lowest BCUT2D eigenvalue weighted by Crippen LogP contribution is -2.07. The van der Waals surface area contributed by atoms with E-state index < -0.39 is 11.9 Å². The van der Waals surface area contributed by atoms with E-state index in [9.17, 15) is 14.7 Å². The Balaban J connectivity index is 2.54. The fourth-order valence-corrected chi connectivity index (χ4v) is 2.18. The van der Waals surface area contributed by atoms with Crippen molar-refractivity contribution in [1.29, 1.82) is 0 Å². The molecule has 124 valence electrons. The van der Waals surface area contributed by atoms with E-state index in [2.05, 4.69) is 4.99 Å². The maximum atomic E-state index is 11.6. The van der Waals surface area contributed by atoms with Crippen molar-refractivity contribution >= 4 is 23.8 Å². The van der Waals surface area contributed by atoms with Gasteiger partial charge in [0.1, 0.15) is 5.56 Å². The van der Waals surface area contributed by atoms with E-state index in [0.29, 0.717) is 0 Å². The summed E-state index contributed by atoms with van der Waals surface area (Å²) in [5.41, 5.74) is 0.385. The van der Waals surface area contributed by atoms with Crippen molar-refractivity contribution in [3.8, 4) is 11.5 Å². The molecule has 0 aromatic heterocycles. The Hall–Kier alpha value is -3.35. The number of ether oxygens (including phenoxy) is 2. The quantitative estimate of drug-likeness (QED) is 0.789. The standard InChI is InChI=1S/C17H15NO6/c1-23-13-8-7-10(14(17(21)22)15(13)24-2)9-18-12-6-4-3-5-11(12)16(19)20/h3-9H,1-2H3,(H,19,20)(H,21,22). The summed E-state index contributed by atoms with van der Waals surface area (Å²) in [6.45, 7) is 0. The third-order valence-electron chi connectivity index (χ3n) is 3.27. The van der Waals surface area contributed by atoms with Crippen LogP contribution >= 0.6 is 0 Å². The van der Waals surface area contributed by atoms with E-state index in [1.807, 2.05) is 0 Å². The number of aliphatic imine (C=N–C) groups is 1. The first-order valence-corrected chi connectivity index (χ1v) is 6.84. The number of nitrogens with zero attached hydrogens (tertiary/aromatic N) is 1. The summed E-state index contributed by atoms with van der Waals surface area (Å²) in [5, 5.41) is 18.6. The van der Waals surface area contributed by atoms with Crippen molar-refractivity contribution in [2.75, 3.05) is 14.2 Å². The van der Waals surface area contributed by atoms with E-state index in [4.69, 9.17) is 14.6 Å². The van der Waals surface area contributed by atoms with Crippen LogP contribution in [0.5, 0.6) is 11.5 Å². The molecular formula is C17H15NO6. The Morgan fingerprint density at radius 3 is 2.29 bits per heavy atom. The second kappa shape index (κ2) is 7.28. The smallest absolute Gasteiger partial charge is 0.340 e. The lowest BCUT2D eigenvalue weighted by atomic mass is 10.1. The number of hydrogen-bond donors (Lipinski definition) is 2. The van der Waals surface area contributed by atoms with Gasteiger partial charge in [0, 0.05) is 11.8 Å². The fourth-order valence-electron chi connectivity index (χ4n) is 2.18. The molecule has 0 saturated heterocycles. The van der Waals surface area contributed by atoms with Gasteiger partial charge in [-0.1, -0.05) is 12.1 Å². The molecule has 2 rings (SSSR count). The van der Waals surface area contributed by atoms with Gasteiger partial charge < -0.3 is 19.7 Å². The van der Waals surface area contributed by atoms with Gasteiger partial charge in [-0.2, -0.15) is 0 Å². The highest BCUT2D eigenvalue weighted by atomic mass is 16.5. The Labute approximate surface area is 137 Å². The molecule has 2 N–H and O–H groups in total. The number of rotatable bonds is 6. The number of methoxy groups -OCH3 is 2. The fraction of sp³-hybridized carbons (Fsp3) is 0.118. The summed E-state index contributed by atoms with van der Waals surface area (Å²) < 4.78 is 10.2. The van der Waals surface area contributed by atoms with E-state index in [-0.39, 0.29) is 33.9 Å². The van der Waals surface area contributed by atoms with Gasteiger partial charge >= 0.3 is 11.9 Å². The second-order valence-electron chi connectivity index (χ2n) is 4.65. The predicted octanol–water partition coefficient (Wildman–Crippen LogP) is 2.85. The highest BCUT2D eigenvalue weighted by Gasteiger charge is 2.20. The van der Waals surface area contributed by atoms with E-state index in [0.717, 1.165) is 0 Å². The molecule has 7 heteroatoms. The second-order valence-corrected chi connectivity index (χ2v) is 4.65. The van der Waals surface area contributed by atoms with E-state index in [1.165, 1.54) is 38.6 Å². The van der Waals surface area contributed by atoms with Crippen LogP contribution in [0.2, 0.25) is 0 Å². The third kappa shape index (κ3) is 3.35. The molecule has 0 aliphatic rings. The number of carbonyl (C=O) groups is 2. The van der Waals surface area contributed by atoms with Gasteiger partial charge in [0.05, 0.1) is 25.5 Å². The minimum atomic E-state index is -1.21. The Morgan fingerprint density at radius 2 is 1.71 bits per heavy atom. The molecule has 2 aromatic carbocycles. The van der Waals surface area contributed by atoms with Gasteiger partial charge in [0.15, 0.2) is 11.5 Å². The summed E-state index contributed by atoms with van der Waals surface area (Å²) >= 11 is 0. The van der Waals surface area contributed by atoms with E-state index in [1.54, 1.807) is 18.2 Å². The number of aromatic carboxylic acids is 2. The monoisotopic (exact) mass is 329 g/mol. The van der Waals surface area contributed by atoms with Crippen molar-refractivity contribution in [2.24, 2.45) is 4.99 Å². The normalized spacial score (nSPS) is 10.6. The first-order chi connectivity index (χ1) is 11.5. The lowest BCUT2D eigenvalue weighted by Gasteiger charge is -2.12. The van der Waals surface area contributed by atoms with Crippen LogP contribution in [-0.4, -0.2) is 42.6 Å². The van der Waals surface area contributed by atoms with Crippen LogP contribution in [0.4, 0.5) is 5.69 Å². The molecule has 0 aliphatic carbocycles. The summed E-state index contributed by atoms with van der Waals surface area (Å²) in [6.07, 6.45) is 1.28. The van der Waals surface area contributed by atoms with Crippen LogP contribution in [0.25, 0.3) is 0 Å². The number of para-hydroxylation sites is 1. The first kappa shape index (κ1) is 17.0. The van der Waals surface area contributed by atoms with Crippen LogP contribution < -0.4 is 9.47 Å². The molecule has 0 aliphatic heterocycles. The minimum absolute atomic E-state index is 0.0195. The number of benzene rings is 2. The van der Waals surface area contributed by atoms with Crippen LogP contribution in [0.3, 0.4) is 0 Å². The summed E-state index contributed by atoms with van der Waals surface area (Å²) in [7, 11) is 2.74. The molecule has 0 spiro atoms. The zero-order valence-electron chi connectivity index (χ0n) is 13.0. The summed E-state index contributed by atoms with van der Waals surface area (Å²) in [6, 6.07) is 9.24. The van der Waals surface area contributed by atoms with Gasteiger partial charge in [-0.05, 0) is 24.3 Å². The zero-order valence-corrected chi connectivity index (χ0v) is 13.0. The molecule has 2 aromatic rings. The SMILES string of the molecule is COc1ccc(C=Nc2ccccc2C(=O)O)c(C(=O)O)c1OC. The Bertz CT molecular complexity index is 813. The highest BCUT2D eigenvalue weighted by molar-refractivity contribution is 6.03. The van der Waals surface area contributed by atoms with Gasteiger partial charge in [-0.25, -0.2) is 9.59 Å². The van der Waals surface area contributed by atoms with Crippen LogP contribution in [-0.2, 0) is 0 Å². The van der Waals surface area contributed by atoms with Gasteiger partial charge in [-0.3, -0.25) is 4.99 Å². The molecule has 0 atom stereocenters. The van der Waals surface area contributed by atoms with Gasteiger partial charge in [0.2, 0.25) is 0 Å². The maximum absolute atomic E-state index is 11.6. The molecule has 0 fully saturated rings. The maximum Gasteiger partial charge on any atom is 0.340 e. The van der Waals surface area contributed by atoms with E-state index >= 15 is 0 Å². The number of carboxylic acids is 2. The molecule has 0 radical (unpaired) electrons. The van der Waals surface area contributed by atoms with Gasteiger partial charge in [-0.15, -0.1) is 0 Å². The summed E-state index contributed by atoms with van der Waals surface area (Å²) in [4.78, 5) is 26.9. The molecule has 7 nitrogen and oxygen atoms in total. The molecular weight excluding hydrogens is 314 g/mol. The number of hydrogen-bond acceptors (Lipinski definition) is 5. The molecule has 0 amide bonds. The Morgan fingerprint density at radius 1 is 1.00 bits per heavy atom. The number of carboxylic acid groups (broad SMARTS) is 2.